The van der Waals surface area contributed by atoms with Gasteiger partial charge >= 0.3 is 5.88 Å². The van der Waals surface area contributed by atoms with Crippen molar-refractivity contribution in [2.24, 2.45) is 0 Å². The lowest BCUT2D eigenvalue weighted by molar-refractivity contribution is -0.402. The van der Waals surface area contributed by atoms with Crippen molar-refractivity contribution in [3.05, 3.63) is 69.9 Å². The molecular weight excluding hydrogens is 275 g/mol. The van der Waals surface area contributed by atoms with Gasteiger partial charge in [-0.15, -0.1) is 0 Å². The molecule has 0 amide bonds. The molecule has 3 rings (SSSR count). The van der Waals surface area contributed by atoms with Gasteiger partial charge in [-0.3, -0.25) is 10.1 Å². The van der Waals surface area contributed by atoms with Crippen LogP contribution in [0.1, 0.15) is 11.5 Å². The van der Waals surface area contributed by atoms with Crippen LogP contribution >= 0.6 is 0 Å². The number of fused-ring (bicyclic) bond motifs is 1. The van der Waals surface area contributed by atoms with Gasteiger partial charge in [0, 0.05) is 5.39 Å². The molecule has 1 aromatic carbocycles. The molecule has 2 heterocycles. The van der Waals surface area contributed by atoms with E-state index in [1.165, 1.54) is 24.3 Å². The van der Waals surface area contributed by atoms with E-state index in [0.29, 0.717) is 22.4 Å². The maximum Gasteiger partial charge on any atom is 0.433 e. The van der Waals surface area contributed by atoms with Crippen molar-refractivity contribution in [1.29, 1.82) is 0 Å². The molecule has 0 unspecified atom stereocenters. The van der Waals surface area contributed by atoms with Crippen molar-refractivity contribution >= 4 is 28.9 Å². The normalized spacial score (nSPS) is 11.3. The van der Waals surface area contributed by atoms with Crippen molar-refractivity contribution in [1.82, 2.24) is 4.98 Å². The summed E-state index contributed by atoms with van der Waals surface area (Å²) in [6, 6.07) is 10.6. The van der Waals surface area contributed by atoms with Gasteiger partial charge in [-0.1, -0.05) is 6.07 Å². The van der Waals surface area contributed by atoms with Crippen LogP contribution in [0, 0.1) is 15.9 Å². The lowest BCUT2D eigenvalue weighted by Gasteiger charge is -1.98. The topological polar surface area (TPSA) is 69.2 Å². The molecular formula is C15H9FN2O3. The van der Waals surface area contributed by atoms with Gasteiger partial charge in [0.15, 0.2) is 0 Å². The summed E-state index contributed by atoms with van der Waals surface area (Å²) in [5.74, 6) is -0.255. The Morgan fingerprint density at radius 2 is 2.00 bits per heavy atom. The Morgan fingerprint density at radius 3 is 2.76 bits per heavy atom. The predicted molar refractivity (Wildman–Crippen MR) is 76.0 cm³/mol. The van der Waals surface area contributed by atoms with E-state index in [9.17, 15) is 14.5 Å². The highest BCUT2D eigenvalue weighted by Gasteiger charge is 2.09. The van der Waals surface area contributed by atoms with E-state index in [-0.39, 0.29) is 11.7 Å². The fourth-order valence-corrected chi connectivity index (χ4v) is 1.90. The zero-order valence-corrected chi connectivity index (χ0v) is 10.7. The number of pyridine rings is 1. The number of aromatic nitrogens is 1. The average molecular weight is 284 g/mol. The van der Waals surface area contributed by atoms with Crippen molar-refractivity contribution < 1.29 is 13.7 Å². The Balaban J connectivity index is 1.88. The molecule has 0 saturated heterocycles. The molecule has 0 aliphatic rings. The molecule has 0 aliphatic heterocycles. The van der Waals surface area contributed by atoms with E-state index < -0.39 is 4.92 Å². The summed E-state index contributed by atoms with van der Waals surface area (Å²) in [6.07, 6.45) is 3.26. The fraction of sp³-hybridized carbons (Fsp3) is 0. The molecule has 2 aromatic heterocycles. The van der Waals surface area contributed by atoms with Crippen LogP contribution in [-0.2, 0) is 0 Å². The molecule has 104 valence electrons. The standard InChI is InChI=1S/C15H9FN2O3/c16-11-2-7-14-10(9-11)1-3-12(17-14)4-5-13-6-8-15(21-13)18(19)20/h1-9H/b5-4+. The summed E-state index contributed by atoms with van der Waals surface area (Å²) >= 11 is 0. The Kier molecular flexibility index (Phi) is 3.19. The molecule has 0 bridgehead atoms. The maximum absolute atomic E-state index is 13.1. The number of hydrogen-bond donors (Lipinski definition) is 0. The van der Waals surface area contributed by atoms with Gasteiger partial charge in [0.2, 0.25) is 0 Å². The minimum absolute atomic E-state index is 0.309. The molecule has 0 aliphatic carbocycles. The molecule has 5 nitrogen and oxygen atoms in total. The first-order valence-corrected chi connectivity index (χ1v) is 6.10. The largest absolute Gasteiger partial charge is 0.433 e. The van der Waals surface area contributed by atoms with E-state index in [2.05, 4.69) is 4.98 Å². The third-order valence-electron chi connectivity index (χ3n) is 2.88. The van der Waals surface area contributed by atoms with Crippen LogP contribution in [-0.4, -0.2) is 9.91 Å². The summed E-state index contributed by atoms with van der Waals surface area (Å²) in [6.45, 7) is 0. The summed E-state index contributed by atoms with van der Waals surface area (Å²) in [5.41, 5.74) is 1.32. The first-order chi connectivity index (χ1) is 10.1. The van der Waals surface area contributed by atoms with Crippen molar-refractivity contribution in [3.63, 3.8) is 0 Å². The first-order valence-electron chi connectivity index (χ1n) is 6.10. The third kappa shape index (κ3) is 2.79. The second-order valence-corrected chi connectivity index (χ2v) is 4.34. The average Bonchev–Trinajstić information content (AvgIpc) is 2.94. The minimum Gasteiger partial charge on any atom is -0.401 e. The fourth-order valence-electron chi connectivity index (χ4n) is 1.90. The summed E-state index contributed by atoms with van der Waals surface area (Å²) in [7, 11) is 0. The van der Waals surface area contributed by atoms with Crippen LogP contribution in [0.2, 0.25) is 0 Å². The molecule has 3 aromatic rings. The van der Waals surface area contributed by atoms with Crippen LogP contribution in [0.4, 0.5) is 10.3 Å². The van der Waals surface area contributed by atoms with Gasteiger partial charge in [0.25, 0.3) is 0 Å². The van der Waals surface area contributed by atoms with Gasteiger partial charge in [0.1, 0.15) is 16.5 Å². The molecule has 0 fully saturated rings. The van der Waals surface area contributed by atoms with Gasteiger partial charge < -0.3 is 4.42 Å². The SMILES string of the molecule is O=[N+]([O-])c1ccc(/C=C/c2ccc3cc(F)ccc3n2)o1. The first kappa shape index (κ1) is 13.0. The molecule has 0 radical (unpaired) electrons. The van der Waals surface area contributed by atoms with Crippen molar-refractivity contribution in [3.8, 4) is 0 Å². The third-order valence-corrected chi connectivity index (χ3v) is 2.88. The van der Waals surface area contributed by atoms with Crippen LogP contribution in [0.25, 0.3) is 23.1 Å². The number of benzene rings is 1. The smallest absolute Gasteiger partial charge is 0.401 e. The highest BCUT2D eigenvalue weighted by molar-refractivity contribution is 5.80. The number of rotatable bonds is 3. The Bertz CT molecular complexity index is 855. The number of nitrogens with zero attached hydrogens (tertiary/aromatic N) is 2. The lowest BCUT2D eigenvalue weighted by Crippen LogP contribution is -1.84. The van der Waals surface area contributed by atoms with E-state index >= 15 is 0 Å². The summed E-state index contributed by atoms with van der Waals surface area (Å²) < 4.78 is 18.1. The van der Waals surface area contributed by atoms with E-state index in [1.54, 1.807) is 30.4 Å². The summed E-state index contributed by atoms with van der Waals surface area (Å²) in [5, 5.41) is 11.2. The van der Waals surface area contributed by atoms with Gasteiger partial charge in [0.05, 0.1) is 17.3 Å². The Labute approximate surface area is 118 Å². The highest BCUT2D eigenvalue weighted by Crippen LogP contribution is 2.19. The molecule has 0 spiro atoms. The molecule has 21 heavy (non-hydrogen) atoms. The highest BCUT2D eigenvalue weighted by atomic mass is 19.1. The van der Waals surface area contributed by atoms with E-state index in [0.717, 1.165) is 0 Å². The molecule has 0 saturated carbocycles. The zero-order valence-electron chi connectivity index (χ0n) is 10.7. The Hall–Kier alpha value is -3.02. The monoisotopic (exact) mass is 284 g/mol. The van der Waals surface area contributed by atoms with E-state index in [1.807, 2.05) is 0 Å². The molecule has 0 N–H and O–H groups in total. The van der Waals surface area contributed by atoms with Crippen molar-refractivity contribution in [2.75, 3.05) is 0 Å². The minimum atomic E-state index is -0.597. The van der Waals surface area contributed by atoms with Crippen LogP contribution < -0.4 is 0 Å². The summed E-state index contributed by atoms with van der Waals surface area (Å²) in [4.78, 5) is 14.3. The zero-order chi connectivity index (χ0) is 14.8. The maximum atomic E-state index is 13.1. The number of furan rings is 1. The van der Waals surface area contributed by atoms with Crippen LogP contribution in [0.15, 0.2) is 46.9 Å². The van der Waals surface area contributed by atoms with Gasteiger partial charge in [-0.25, -0.2) is 9.37 Å². The number of nitro groups is 1. The van der Waals surface area contributed by atoms with Gasteiger partial charge in [-0.05, 0) is 42.5 Å². The van der Waals surface area contributed by atoms with Gasteiger partial charge in [-0.2, -0.15) is 0 Å². The molecule has 6 heteroatoms. The lowest BCUT2D eigenvalue weighted by atomic mass is 10.2. The van der Waals surface area contributed by atoms with E-state index in [4.69, 9.17) is 4.42 Å². The number of hydrogen-bond acceptors (Lipinski definition) is 4. The second-order valence-electron chi connectivity index (χ2n) is 4.34. The second kappa shape index (κ2) is 5.16. The number of halogens is 1. The predicted octanol–water partition coefficient (Wildman–Crippen LogP) is 4.05. The van der Waals surface area contributed by atoms with Crippen LogP contribution in [0.5, 0.6) is 0 Å². The quantitative estimate of drug-likeness (QED) is 0.537. The van der Waals surface area contributed by atoms with Crippen molar-refractivity contribution in [2.45, 2.75) is 0 Å². The molecule has 0 atom stereocenters. The Morgan fingerprint density at radius 1 is 1.14 bits per heavy atom. The van der Waals surface area contributed by atoms with Crippen LogP contribution in [0.3, 0.4) is 0 Å².